The minimum absolute atomic E-state index is 0.0489. The van der Waals surface area contributed by atoms with E-state index in [0.717, 1.165) is 25.8 Å². The predicted molar refractivity (Wildman–Crippen MR) is 88.7 cm³/mol. The molecule has 2 unspecified atom stereocenters. The quantitative estimate of drug-likeness (QED) is 0.900. The number of carbonyl (C=O) groups is 2. The summed E-state index contributed by atoms with van der Waals surface area (Å²) in [6.45, 7) is 1.86. The summed E-state index contributed by atoms with van der Waals surface area (Å²) in [5.74, 6) is -0.0894. The molecular formula is C18H24N2O4. The van der Waals surface area contributed by atoms with Crippen molar-refractivity contribution in [1.29, 1.82) is 0 Å². The Kier molecular flexibility index (Phi) is 5.16. The third kappa shape index (κ3) is 3.76. The zero-order valence-corrected chi connectivity index (χ0v) is 14.0. The van der Waals surface area contributed by atoms with E-state index in [1.807, 2.05) is 35.2 Å². The van der Waals surface area contributed by atoms with Crippen LogP contribution in [0.15, 0.2) is 30.3 Å². The Morgan fingerprint density at radius 2 is 2.17 bits per heavy atom. The molecule has 0 bridgehead atoms. The lowest BCUT2D eigenvalue weighted by Gasteiger charge is -2.39. The average Bonchev–Trinajstić information content (AvgIpc) is 3.02. The highest BCUT2D eigenvalue weighted by Gasteiger charge is 2.45. The Bertz CT molecular complexity index is 592. The van der Waals surface area contributed by atoms with Crippen molar-refractivity contribution in [2.45, 2.75) is 31.0 Å². The Morgan fingerprint density at radius 3 is 2.92 bits per heavy atom. The fourth-order valence-corrected chi connectivity index (χ4v) is 3.49. The highest BCUT2D eigenvalue weighted by Crippen LogP contribution is 2.36. The molecule has 2 heterocycles. The normalized spacial score (nSPS) is 26.5. The summed E-state index contributed by atoms with van der Waals surface area (Å²) in [6, 6.07) is 9.34. The maximum atomic E-state index is 12.7. The van der Waals surface area contributed by atoms with Crippen LogP contribution < -0.4 is 5.32 Å². The maximum Gasteiger partial charge on any atom is 0.253 e. The average molecular weight is 332 g/mol. The minimum Gasteiger partial charge on any atom is -0.370 e. The van der Waals surface area contributed by atoms with Crippen molar-refractivity contribution in [1.82, 2.24) is 10.2 Å². The molecule has 1 N–H and O–H groups in total. The Labute approximate surface area is 142 Å². The number of hydrogen-bond donors (Lipinski definition) is 1. The molecule has 1 aromatic carbocycles. The van der Waals surface area contributed by atoms with Crippen molar-refractivity contribution >= 4 is 11.8 Å². The number of piperidine rings is 1. The van der Waals surface area contributed by atoms with E-state index in [1.165, 1.54) is 0 Å². The third-order valence-electron chi connectivity index (χ3n) is 4.75. The van der Waals surface area contributed by atoms with Crippen molar-refractivity contribution in [2.24, 2.45) is 0 Å². The second-order valence-corrected chi connectivity index (χ2v) is 6.50. The number of carbonyl (C=O) groups excluding carboxylic acids is 2. The topological polar surface area (TPSA) is 67.9 Å². The van der Waals surface area contributed by atoms with Gasteiger partial charge in [0.2, 0.25) is 5.91 Å². The first kappa shape index (κ1) is 16.9. The first-order valence-electron chi connectivity index (χ1n) is 8.42. The van der Waals surface area contributed by atoms with Crippen LogP contribution in [0.4, 0.5) is 0 Å². The molecule has 2 aliphatic rings. The van der Waals surface area contributed by atoms with Gasteiger partial charge in [-0.25, -0.2) is 0 Å². The van der Waals surface area contributed by atoms with E-state index >= 15 is 0 Å². The molecule has 0 radical (unpaired) electrons. The Balaban J connectivity index is 1.59. The van der Waals surface area contributed by atoms with Crippen LogP contribution in [0.25, 0.3) is 0 Å². The van der Waals surface area contributed by atoms with Gasteiger partial charge in [0.15, 0.2) is 0 Å². The van der Waals surface area contributed by atoms with Gasteiger partial charge in [-0.2, -0.15) is 0 Å². The van der Waals surface area contributed by atoms with Crippen molar-refractivity contribution in [3.8, 4) is 0 Å². The second-order valence-electron chi connectivity index (χ2n) is 6.50. The summed E-state index contributed by atoms with van der Waals surface area (Å²) in [6.07, 6.45) is 2.48. The predicted octanol–water partition coefficient (Wildman–Crippen LogP) is 1.21. The molecule has 0 aliphatic carbocycles. The molecule has 2 atom stereocenters. The van der Waals surface area contributed by atoms with E-state index in [2.05, 4.69) is 5.32 Å². The van der Waals surface area contributed by atoms with Gasteiger partial charge in [0.1, 0.15) is 6.61 Å². The highest BCUT2D eigenvalue weighted by atomic mass is 16.6. The summed E-state index contributed by atoms with van der Waals surface area (Å²) in [5, 5.41) is 2.54. The van der Waals surface area contributed by atoms with Crippen molar-refractivity contribution in [3.05, 3.63) is 35.9 Å². The number of benzene rings is 1. The lowest BCUT2D eigenvalue weighted by atomic mass is 9.89. The zero-order valence-electron chi connectivity index (χ0n) is 14.0. The number of rotatable bonds is 4. The largest absolute Gasteiger partial charge is 0.370 e. The van der Waals surface area contributed by atoms with Crippen molar-refractivity contribution < 1.29 is 19.1 Å². The molecule has 0 aromatic heterocycles. The minimum atomic E-state index is -0.337. The van der Waals surface area contributed by atoms with Gasteiger partial charge in [-0.3, -0.25) is 9.59 Å². The van der Waals surface area contributed by atoms with Crippen LogP contribution in [-0.2, 0) is 14.3 Å². The second kappa shape index (κ2) is 7.32. The molecular weight excluding hydrogens is 308 g/mol. The van der Waals surface area contributed by atoms with Gasteiger partial charge in [-0.15, -0.1) is 0 Å². The first-order valence-corrected chi connectivity index (χ1v) is 8.42. The van der Waals surface area contributed by atoms with Gasteiger partial charge in [0, 0.05) is 25.6 Å². The van der Waals surface area contributed by atoms with Gasteiger partial charge < -0.3 is 19.7 Å². The summed E-state index contributed by atoms with van der Waals surface area (Å²) in [7, 11) is 1.59. The number of nitrogens with one attached hydrogen (secondary N) is 1. The number of hydrogen-bond acceptors (Lipinski definition) is 4. The van der Waals surface area contributed by atoms with Gasteiger partial charge in [-0.1, -0.05) is 18.2 Å². The van der Waals surface area contributed by atoms with Crippen LogP contribution in [0, 0.1) is 0 Å². The SMILES string of the molecule is CNC(=O)COC1COC2(CCCN(C(=O)c3ccccc3)C2)C1. The Morgan fingerprint density at radius 1 is 1.38 bits per heavy atom. The van der Waals surface area contributed by atoms with Crippen LogP contribution in [0.2, 0.25) is 0 Å². The maximum absolute atomic E-state index is 12.7. The van der Waals surface area contributed by atoms with Gasteiger partial charge in [-0.05, 0) is 25.0 Å². The van der Waals surface area contributed by atoms with E-state index in [-0.39, 0.29) is 30.1 Å². The fraction of sp³-hybridized carbons (Fsp3) is 0.556. The molecule has 2 fully saturated rings. The van der Waals surface area contributed by atoms with Crippen molar-refractivity contribution in [3.63, 3.8) is 0 Å². The van der Waals surface area contributed by atoms with Gasteiger partial charge in [0.25, 0.3) is 5.91 Å². The summed E-state index contributed by atoms with van der Waals surface area (Å²) < 4.78 is 11.6. The number of nitrogens with zero attached hydrogens (tertiary/aromatic N) is 1. The molecule has 2 amide bonds. The molecule has 2 aliphatic heterocycles. The summed E-state index contributed by atoms with van der Waals surface area (Å²) >= 11 is 0. The molecule has 2 saturated heterocycles. The highest BCUT2D eigenvalue weighted by molar-refractivity contribution is 5.94. The summed E-state index contributed by atoms with van der Waals surface area (Å²) in [5.41, 5.74) is 0.371. The molecule has 1 spiro atoms. The fourth-order valence-electron chi connectivity index (χ4n) is 3.49. The number of amides is 2. The standard InChI is InChI=1S/C18H24N2O4/c1-19-16(21)12-23-15-10-18(24-11-15)8-5-9-20(13-18)17(22)14-6-3-2-4-7-14/h2-4,6-7,15H,5,8-13H2,1H3,(H,19,21). The van der Waals surface area contributed by atoms with E-state index < -0.39 is 0 Å². The van der Waals surface area contributed by atoms with Crippen LogP contribution in [0.5, 0.6) is 0 Å². The number of likely N-dealkylation sites (tertiary alicyclic amines) is 1. The summed E-state index contributed by atoms with van der Waals surface area (Å²) in [4.78, 5) is 25.8. The Hall–Kier alpha value is -1.92. The molecule has 1 aromatic rings. The van der Waals surface area contributed by atoms with E-state index in [1.54, 1.807) is 7.05 Å². The molecule has 24 heavy (non-hydrogen) atoms. The first-order chi connectivity index (χ1) is 11.6. The molecule has 6 nitrogen and oxygen atoms in total. The van der Waals surface area contributed by atoms with Crippen LogP contribution >= 0.6 is 0 Å². The zero-order chi connectivity index (χ0) is 17.0. The number of ether oxygens (including phenoxy) is 2. The van der Waals surface area contributed by atoms with Crippen LogP contribution in [-0.4, -0.2) is 61.8 Å². The smallest absolute Gasteiger partial charge is 0.253 e. The third-order valence-corrected chi connectivity index (χ3v) is 4.75. The molecule has 3 rings (SSSR count). The molecule has 0 saturated carbocycles. The number of likely N-dealkylation sites (N-methyl/N-ethyl adjacent to an activating group) is 1. The lowest BCUT2D eigenvalue weighted by molar-refractivity contribution is -0.127. The van der Waals surface area contributed by atoms with E-state index in [0.29, 0.717) is 18.7 Å². The van der Waals surface area contributed by atoms with Gasteiger partial charge in [0.05, 0.1) is 24.9 Å². The molecule has 6 heteroatoms. The monoisotopic (exact) mass is 332 g/mol. The van der Waals surface area contributed by atoms with Gasteiger partial charge >= 0.3 is 0 Å². The van der Waals surface area contributed by atoms with Crippen LogP contribution in [0.3, 0.4) is 0 Å². The lowest BCUT2D eigenvalue weighted by Crippen LogP contribution is -2.50. The van der Waals surface area contributed by atoms with E-state index in [9.17, 15) is 9.59 Å². The van der Waals surface area contributed by atoms with E-state index in [4.69, 9.17) is 9.47 Å². The van der Waals surface area contributed by atoms with Crippen LogP contribution in [0.1, 0.15) is 29.6 Å². The van der Waals surface area contributed by atoms with Crippen molar-refractivity contribution in [2.75, 3.05) is 33.4 Å². The molecule has 130 valence electrons.